The summed E-state index contributed by atoms with van der Waals surface area (Å²) in [5.74, 6) is -1.58. The molecular formula is C19H26N2O5. The molecule has 7 heteroatoms. The second-order valence-electron chi connectivity index (χ2n) is 7.14. The molecule has 0 heterocycles. The quantitative estimate of drug-likeness (QED) is 0.598. The minimum absolute atomic E-state index is 0.00648. The van der Waals surface area contributed by atoms with Crippen LogP contribution in [0, 0.1) is 13.8 Å². The average molecular weight is 362 g/mol. The number of aryl methyl sites for hydroxylation is 2. The van der Waals surface area contributed by atoms with Gasteiger partial charge in [-0.25, -0.2) is 4.79 Å². The van der Waals surface area contributed by atoms with Crippen molar-refractivity contribution in [3.63, 3.8) is 0 Å². The lowest BCUT2D eigenvalue weighted by Crippen LogP contribution is -2.49. The van der Waals surface area contributed by atoms with Gasteiger partial charge in [-0.3, -0.25) is 19.7 Å². The normalized spacial score (nSPS) is 10.8. The van der Waals surface area contributed by atoms with Crippen molar-refractivity contribution in [2.45, 2.75) is 53.0 Å². The molecule has 0 aliphatic heterocycles. The number of ketones is 1. The number of esters is 1. The number of hydrogen-bond donors (Lipinski definition) is 2. The molecule has 0 aliphatic carbocycles. The number of Topliss-reactive ketones (excluding diaryl/α,β-unsaturated/α-hetero) is 1. The molecule has 1 aromatic carbocycles. The number of hydrogen-bond acceptors (Lipinski definition) is 5. The first-order valence-corrected chi connectivity index (χ1v) is 8.36. The number of rotatable bonds is 6. The van der Waals surface area contributed by atoms with Gasteiger partial charge in [-0.05, 0) is 51.8 Å². The molecule has 0 aromatic heterocycles. The fourth-order valence-corrected chi connectivity index (χ4v) is 2.03. The lowest BCUT2D eigenvalue weighted by molar-refractivity contribution is -0.148. The van der Waals surface area contributed by atoms with E-state index in [1.807, 2.05) is 19.9 Å². The highest BCUT2D eigenvalue weighted by Crippen LogP contribution is 2.12. The van der Waals surface area contributed by atoms with Gasteiger partial charge in [0.25, 0.3) is 5.91 Å². The summed E-state index contributed by atoms with van der Waals surface area (Å²) in [6.45, 7) is 8.59. The second kappa shape index (κ2) is 9.12. The van der Waals surface area contributed by atoms with E-state index in [1.54, 1.807) is 32.9 Å². The highest BCUT2D eigenvalue weighted by atomic mass is 16.5. The van der Waals surface area contributed by atoms with Crippen molar-refractivity contribution in [2.75, 3.05) is 6.61 Å². The smallest absolute Gasteiger partial charge is 0.321 e. The Bertz CT molecular complexity index is 704. The molecule has 2 N–H and O–H groups in total. The summed E-state index contributed by atoms with van der Waals surface area (Å²) in [4.78, 5) is 46.8. The fraction of sp³-hybridized carbons (Fsp3) is 0.474. The van der Waals surface area contributed by atoms with E-state index in [2.05, 4.69) is 10.6 Å². The van der Waals surface area contributed by atoms with Gasteiger partial charge >= 0.3 is 12.0 Å². The zero-order valence-corrected chi connectivity index (χ0v) is 15.9. The van der Waals surface area contributed by atoms with E-state index in [4.69, 9.17) is 4.74 Å². The lowest BCUT2D eigenvalue weighted by atomic mass is 10.0. The van der Waals surface area contributed by atoms with Gasteiger partial charge < -0.3 is 10.1 Å². The summed E-state index contributed by atoms with van der Waals surface area (Å²) >= 11 is 0. The topological polar surface area (TPSA) is 102 Å². The summed E-state index contributed by atoms with van der Waals surface area (Å²) in [6, 6.07) is 4.69. The molecule has 0 radical (unpaired) electrons. The summed E-state index contributed by atoms with van der Waals surface area (Å²) < 4.78 is 4.78. The van der Waals surface area contributed by atoms with E-state index in [0.717, 1.165) is 11.1 Å². The van der Waals surface area contributed by atoms with Crippen molar-refractivity contribution in [2.24, 2.45) is 0 Å². The minimum Gasteiger partial charge on any atom is -0.456 e. The van der Waals surface area contributed by atoms with Gasteiger partial charge in [-0.15, -0.1) is 0 Å². The van der Waals surface area contributed by atoms with Gasteiger partial charge in [-0.1, -0.05) is 12.1 Å². The number of amides is 3. The van der Waals surface area contributed by atoms with Crippen LogP contribution in [-0.2, 0) is 14.3 Å². The SMILES string of the molecule is Cc1ccc(C(=O)CCC(=O)OCC(=O)NC(=O)NC(C)(C)C)cc1C. The Labute approximate surface area is 153 Å². The van der Waals surface area contributed by atoms with Gasteiger partial charge in [0, 0.05) is 17.5 Å². The molecule has 0 spiro atoms. The molecule has 7 nitrogen and oxygen atoms in total. The van der Waals surface area contributed by atoms with E-state index in [1.165, 1.54) is 0 Å². The molecule has 0 bridgehead atoms. The number of nitrogens with one attached hydrogen (secondary N) is 2. The fourth-order valence-electron chi connectivity index (χ4n) is 2.03. The van der Waals surface area contributed by atoms with Gasteiger partial charge in [0.2, 0.25) is 0 Å². The highest BCUT2D eigenvalue weighted by Gasteiger charge is 2.17. The van der Waals surface area contributed by atoms with Crippen molar-refractivity contribution in [3.05, 3.63) is 34.9 Å². The highest BCUT2D eigenvalue weighted by molar-refractivity contribution is 5.98. The third-order valence-electron chi connectivity index (χ3n) is 3.49. The summed E-state index contributed by atoms with van der Waals surface area (Å²) in [5, 5.41) is 4.61. The molecule has 1 aromatic rings. The van der Waals surface area contributed by atoms with Crippen LogP contribution < -0.4 is 10.6 Å². The van der Waals surface area contributed by atoms with E-state index in [9.17, 15) is 19.2 Å². The Kier molecular flexibility index (Phi) is 7.49. The minimum atomic E-state index is -0.736. The van der Waals surface area contributed by atoms with E-state index in [0.29, 0.717) is 5.56 Å². The Morgan fingerprint density at radius 2 is 1.65 bits per heavy atom. The van der Waals surface area contributed by atoms with Crippen LogP contribution >= 0.6 is 0 Å². The van der Waals surface area contributed by atoms with Crippen molar-refractivity contribution in [1.29, 1.82) is 0 Å². The third kappa shape index (κ3) is 7.92. The maximum Gasteiger partial charge on any atom is 0.321 e. The standard InChI is InChI=1S/C19H26N2O5/c1-12-6-7-14(10-13(12)2)15(22)8-9-17(24)26-11-16(23)20-18(25)21-19(3,4)5/h6-7,10H,8-9,11H2,1-5H3,(H2,20,21,23,25). The van der Waals surface area contributed by atoms with E-state index < -0.39 is 30.1 Å². The second-order valence-corrected chi connectivity index (χ2v) is 7.14. The Hall–Kier alpha value is -2.70. The summed E-state index contributed by atoms with van der Waals surface area (Å²) in [7, 11) is 0. The lowest BCUT2D eigenvalue weighted by Gasteiger charge is -2.20. The van der Waals surface area contributed by atoms with Gasteiger partial charge in [0.1, 0.15) is 0 Å². The van der Waals surface area contributed by atoms with Crippen LogP contribution in [0.15, 0.2) is 18.2 Å². The molecule has 142 valence electrons. The zero-order chi connectivity index (χ0) is 19.9. The van der Waals surface area contributed by atoms with Gasteiger partial charge in [-0.2, -0.15) is 0 Å². The molecule has 1 rings (SSSR count). The third-order valence-corrected chi connectivity index (χ3v) is 3.49. The Morgan fingerprint density at radius 3 is 2.23 bits per heavy atom. The van der Waals surface area contributed by atoms with Crippen molar-refractivity contribution in [3.8, 4) is 0 Å². The molecule has 0 saturated carbocycles. The Morgan fingerprint density at radius 1 is 1.00 bits per heavy atom. The molecule has 0 aliphatic rings. The van der Waals surface area contributed by atoms with Gasteiger partial charge in [0.05, 0.1) is 6.42 Å². The molecule has 0 fully saturated rings. The van der Waals surface area contributed by atoms with Crippen LogP contribution in [-0.4, -0.2) is 35.8 Å². The van der Waals surface area contributed by atoms with E-state index in [-0.39, 0.29) is 18.6 Å². The number of ether oxygens (including phenoxy) is 1. The van der Waals surface area contributed by atoms with E-state index >= 15 is 0 Å². The average Bonchev–Trinajstić information content (AvgIpc) is 2.51. The summed E-state index contributed by atoms with van der Waals surface area (Å²) in [5.41, 5.74) is 2.14. The van der Waals surface area contributed by atoms with Gasteiger partial charge in [0.15, 0.2) is 12.4 Å². The van der Waals surface area contributed by atoms with Crippen molar-refractivity contribution in [1.82, 2.24) is 10.6 Å². The Balaban J connectivity index is 2.35. The largest absolute Gasteiger partial charge is 0.456 e. The van der Waals surface area contributed by atoms with Crippen LogP contribution in [0.1, 0.15) is 55.1 Å². The predicted octanol–water partition coefficient (Wildman–Crippen LogP) is 2.43. The van der Waals surface area contributed by atoms with Crippen molar-refractivity contribution >= 4 is 23.7 Å². The van der Waals surface area contributed by atoms with Crippen molar-refractivity contribution < 1.29 is 23.9 Å². The number of benzene rings is 1. The molecule has 26 heavy (non-hydrogen) atoms. The first-order valence-electron chi connectivity index (χ1n) is 8.36. The molecule has 0 atom stereocenters. The first kappa shape index (κ1) is 21.3. The van der Waals surface area contributed by atoms with Crippen LogP contribution in [0.2, 0.25) is 0 Å². The maximum absolute atomic E-state index is 12.1. The molecular weight excluding hydrogens is 336 g/mol. The monoisotopic (exact) mass is 362 g/mol. The summed E-state index contributed by atoms with van der Waals surface area (Å²) in [6.07, 6.45) is -0.138. The van der Waals surface area contributed by atoms with Crippen LogP contribution in [0.25, 0.3) is 0 Å². The first-order chi connectivity index (χ1) is 12.0. The molecule has 0 saturated heterocycles. The van der Waals surface area contributed by atoms with Crippen LogP contribution in [0.5, 0.6) is 0 Å². The van der Waals surface area contributed by atoms with Crippen LogP contribution in [0.4, 0.5) is 4.79 Å². The van der Waals surface area contributed by atoms with Crippen LogP contribution in [0.3, 0.4) is 0 Å². The number of carbonyl (C=O) groups excluding carboxylic acids is 4. The number of imide groups is 1. The maximum atomic E-state index is 12.1. The predicted molar refractivity (Wildman–Crippen MR) is 96.9 cm³/mol. The molecule has 3 amide bonds. The zero-order valence-electron chi connectivity index (χ0n) is 15.9. The number of carbonyl (C=O) groups is 4. The molecule has 0 unspecified atom stereocenters. The number of urea groups is 1.